The lowest BCUT2D eigenvalue weighted by Crippen LogP contribution is -1.87. The molecule has 2 N–H and O–H groups in total. The molecule has 2 heteroatoms. The lowest BCUT2D eigenvalue weighted by atomic mass is 10.4. The van der Waals surface area contributed by atoms with E-state index in [1.165, 1.54) is 6.34 Å². The highest BCUT2D eigenvalue weighted by Crippen LogP contribution is 1.90. The summed E-state index contributed by atoms with van der Waals surface area (Å²) in [6.45, 7) is 5.34. The lowest BCUT2D eigenvalue weighted by Gasteiger charge is -1.82. The standard InChI is InChI=1S/C6H10N2/c1-3-4-6(2)8-5-7/h3-5H,1H2,2H3,(H2,7,8)/b6-4-. The first kappa shape index (κ1) is 6.95. The van der Waals surface area contributed by atoms with Crippen LogP contribution in [0.15, 0.2) is 29.4 Å². The predicted octanol–water partition coefficient (Wildman–Crippen LogP) is 1.06. The maximum atomic E-state index is 4.99. The second kappa shape index (κ2) is 4.12. The Bertz CT molecular complexity index is 122. The van der Waals surface area contributed by atoms with E-state index in [2.05, 4.69) is 11.6 Å². The van der Waals surface area contributed by atoms with Crippen molar-refractivity contribution in [2.24, 2.45) is 10.7 Å². The van der Waals surface area contributed by atoms with E-state index < -0.39 is 0 Å². The first-order chi connectivity index (χ1) is 3.81. The number of aliphatic imine (C=N–C) groups is 1. The molecule has 0 aliphatic carbocycles. The Hall–Kier alpha value is -1.05. The van der Waals surface area contributed by atoms with Crippen LogP contribution in [0.1, 0.15) is 6.92 Å². The summed E-state index contributed by atoms with van der Waals surface area (Å²) in [5.74, 6) is 0. The molecule has 0 amide bonds. The first-order valence-electron chi connectivity index (χ1n) is 2.35. The van der Waals surface area contributed by atoms with E-state index >= 15 is 0 Å². The highest BCUT2D eigenvalue weighted by atomic mass is 14.8. The second-order valence-electron chi connectivity index (χ2n) is 1.32. The van der Waals surface area contributed by atoms with Gasteiger partial charge in [0.25, 0.3) is 0 Å². The van der Waals surface area contributed by atoms with Crippen molar-refractivity contribution in [1.29, 1.82) is 0 Å². The van der Waals surface area contributed by atoms with Gasteiger partial charge in [0.05, 0.1) is 6.34 Å². The van der Waals surface area contributed by atoms with Crippen molar-refractivity contribution >= 4 is 6.34 Å². The van der Waals surface area contributed by atoms with Gasteiger partial charge in [-0.05, 0) is 13.0 Å². The van der Waals surface area contributed by atoms with Gasteiger partial charge < -0.3 is 5.73 Å². The molecule has 0 aromatic heterocycles. The third kappa shape index (κ3) is 3.15. The van der Waals surface area contributed by atoms with Gasteiger partial charge in [-0.2, -0.15) is 0 Å². The second-order valence-corrected chi connectivity index (χ2v) is 1.32. The van der Waals surface area contributed by atoms with E-state index in [-0.39, 0.29) is 0 Å². The molecule has 8 heavy (non-hydrogen) atoms. The molecule has 0 unspecified atom stereocenters. The Morgan fingerprint density at radius 3 is 2.75 bits per heavy atom. The molecule has 0 saturated heterocycles. The van der Waals surface area contributed by atoms with Crippen molar-refractivity contribution in [2.75, 3.05) is 0 Å². The summed E-state index contributed by atoms with van der Waals surface area (Å²) in [6.07, 6.45) is 4.71. The van der Waals surface area contributed by atoms with Gasteiger partial charge in [-0.25, -0.2) is 4.99 Å². The molecule has 0 aromatic carbocycles. The van der Waals surface area contributed by atoms with Crippen LogP contribution in [-0.4, -0.2) is 6.34 Å². The number of hydrogen-bond acceptors (Lipinski definition) is 1. The topological polar surface area (TPSA) is 38.4 Å². The molecule has 0 spiro atoms. The summed E-state index contributed by atoms with van der Waals surface area (Å²) in [7, 11) is 0. The van der Waals surface area contributed by atoms with Crippen LogP contribution in [0.3, 0.4) is 0 Å². The lowest BCUT2D eigenvalue weighted by molar-refractivity contribution is 1.31. The highest BCUT2D eigenvalue weighted by molar-refractivity contribution is 5.53. The number of hydrogen-bond donors (Lipinski definition) is 1. The minimum atomic E-state index is 0.863. The van der Waals surface area contributed by atoms with Crippen LogP contribution in [0, 0.1) is 0 Å². The predicted molar refractivity (Wildman–Crippen MR) is 36.6 cm³/mol. The van der Waals surface area contributed by atoms with Gasteiger partial charge in [-0.15, -0.1) is 0 Å². The Morgan fingerprint density at radius 1 is 1.75 bits per heavy atom. The number of allylic oxidation sites excluding steroid dienone is 3. The quantitative estimate of drug-likeness (QED) is 0.322. The molecular weight excluding hydrogens is 100 g/mol. The maximum Gasteiger partial charge on any atom is 0.0856 e. The van der Waals surface area contributed by atoms with Crippen LogP contribution in [0.5, 0.6) is 0 Å². The summed E-state index contributed by atoms with van der Waals surface area (Å²) in [6, 6.07) is 0. The number of nitrogens with zero attached hydrogens (tertiary/aromatic N) is 1. The fourth-order valence-corrected chi connectivity index (χ4v) is 0.331. The van der Waals surface area contributed by atoms with Crippen LogP contribution in [-0.2, 0) is 0 Å². The van der Waals surface area contributed by atoms with Crippen LogP contribution < -0.4 is 5.73 Å². The molecule has 0 fully saturated rings. The molecule has 2 nitrogen and oxygen atoms in total. The van der Waals surface area contributed by atoms with Gasteiger partial charge in [-0.1, -0.05) is 12.7 Å². The van der Waals surface area contributed by atoms with Crippen LogP contribution >= 0.6 is 0 Å². The third-order valence-electron chi connectivity index (χ3n) is 0.637. The van der Waals surface area contributed by atoms with E-state index in [9.17, 15) is 0 Å². The fraction of sp³-hybridized carbons (Fsp3) is 0.167. The number of rotatable bonds is 2. The van der Waals surface area contributed by atoms with Crippen molar-refractivity contribution in [3.8, 4) is 0 Å². The normalized spacial score (nSPS) is 12.4. The summed E-state index contributed by atoms with van der Waals surface area (Å²) in [5.41, 5.74) is 5.86. The molecule has 0 bridgehead atoms. The molecule has 0 radical (unpaired) electrons. The zero-order valence-electron chi connectivity index (χ0n) is 4.96. The molecule has 0 saturated carbocycles. The summed E-state index contributed by atoms with van der Waals surface area (Å²) in [5, 5.41) is 0. The van der Waals surface area contributed by atoms with Crippen molar-refractivity contribution in [3.05, 3.63) is 24.4 Å². The zero-order chi connectivity index (χ0) is 6.41. The van der Waals surface area contributed by atoms with Crippen molar-refractivity contribution in [2.45, 2.75) is 6.92 Å². The van der Waals surface area contributed by atoms with E-state index in [1.54, 1.807) is 12.2 Å². The monoisotopic (exact) mass is 110 g/mol. The Labute approximate surface area is 49.4 Å². The molecule has 0 rings (SSSR count). The van der Waals surface area contributed by atoms with E-state index in [0.717, 1.165) is 5.70 Å². The average molecular weight is 110 g/mol. The molecule has 0 aliphatic rings. The fourth-order valence-electron chi connectivity index (χ4n) is 0.331. The molecule has 44 valence electrons. The Balaban J connectivity index is 3.79. The smallest absolute Gasteiger partial charge is 0.0856 e. The number of nitrogens with two attached hydrogens (primary N) is 1. The SMILES string of the molecule is C=C/C=C(/C)N=CN. The van der Waals surface area contributed by atoms with Gasteiger partial charge in [-0.3, -0.25) is 0 Å². The third-order valence-corrected chi connectivity index (χ3v) is 0.637. The largest absolute Gasteiger partial charge is 0.390 e. The maximum absolute atomic E-state index is 4.99. The Morgan fingerprint density at radius 2 is 2.38 bits per heavy atom. The molecule has 0 atom stereocenters. The van der Waals surface area contributed by atoms with Crippen molar-refractivity contribution in [3.63, 3.8) is 0 Å². The van der Waals surface area contributed by atoms with Crippen molar-refractivity contribution in [1.82, 2.24) is 0 Å². The van der Waals surface area contributed by atoms with Gasteiger partial charge in [0, 0.05) is 5.70 Å². The zero-order valence-corrected chi connectivity index (χ0v) is 4.96. The highest BCUT2D eigenvalue weighted by Gasteiger charge is 1.72. The van der Waals surface area contributed by atoms with E-state index in [4.69, 9.17) is 5.73 Å². The van der Waals surface area contributed by atoms with Gasteiger partial charge >= 0.3 is 0 Å². The minimum absolute atomic E-state index is 0.863. The summed E-state index contributed by atoms with van der Waals surface area (Å²) >= 11 is 0. The van der Waals surface area contributed by atoms with E-state index in [1.807, 2.05) is 6.92 Å². The van der Waals surface area contributed by atoms with Crippen molar-refractivity contribution < 1.29 is 0 Å². The molecular formula is C6H10N2. The summed E-state index contributed by atoms with van der Waals surface area (Å²) in [4.78, 5) is 3.76. The first-order valence-corrected chi connectivity index (χ1v) is 2.35. The molecule has 0 aliphatic heterocycles. The summed E-state index contributed by atoms with van der Waals surface area (Å²) < 4.78 is 0. The minimum Gasteiger partial charge on any atom is -0.390 e. The van der Waals surface area contributed by atoms with Crippen LogP contribution in [0.4, 0.5) is 0 Å². The average Bonchev–Trinajstić information content (AvgIpc) is 1.68. The van der Waals surface area contributed by atoms with E-state index in [0.29, 0.717) is 0 Å². The van der Waals surface area contributed by atoms with Crippen LogP contribution in [0.25, 0.3) is 0 Å². The molecule has 0 aromatic rings. The molecule has 0 heterocycles. The van der Waals surface area contributed by atoms with Crippen LogP contribution in [0.2, 0.25) is 0 Å². The van der Waals surface area contributed by atoms with Gasteiger partial charge in [0.1, 0.15) is 0 Å². The van der Waals surface area contributed by atoms with Gasteiger partial charge in [0.15, 0.2) is 0 Å². The van der Waals surface area contributed by atoms with Gasteiger partial charge in [0.2, 0.25) is 0 Å². The Kier molecular flexibility index (Phi) is 3.58.